The van der Waals surface area contributed by atoms with Crippen LogP contribution in [-0.4, -0.2) is 58.9 Å². The van der Waals surface area contributed by atoms with Crippen LogP contribution in [0.1, 0.15) is 21.7 Å². The van der Waals surface area contributed by atoms with Crippen LogP contribution < -0.4 is 10.6 Å². The molecule has 0 aliphatic carbocycles. The van der Waals surface area contributed by atoms with Crippen molar-refractivity contribution < 1.29 is 14.3 Å². The van der Waals surface area contributed by atoms with E-state index in [1.54, 1.807) is 18.6 Å². The Hall–Kier alpha value is -6.89. The zero-order chi connectivity index (χ0) is 32.9. The maximum absolute atomic E-state index is 13.2. The van der Waals surface area contributed by atoms with Crippen LogP contribution in [0, 0.1) is 0 Å². The van der Waals surface area contributed by atoms with Gasteiger partial charge in [0.2, 0.25) is 5.82 Å². The van der Waals surface area contributed by atoms with Crippen LogP contribution in [0.15, 0.2) is 91.4 Å². The van der Waals surface area contributed by atoms with Gasteiger partial charge in [-0.1, -0.05) is 18.2 Å². The number of amides is 2. The Balaban J connectivity index is 0.938. The van der Waals surface area contributed by atoms with Crippen LogP contribution in [0.25, 0.3) is 66.6 Å². The molecule has 0 spiro atoms. The summed E-state index contributed by atoms with van der Waals surface area (Å²) in [6, 6.07) is 23.4. The largest absolute Gasteiger partial charge is 0.449 e. The van der Waals surface area contributed by atoms with E-state index in [9.17, 15) is 9.59 Å². The van der Waals surface area contributed by atoms with E-state index >= 15 is 0 Å². The van der Waals surface area contributed by atoms with Gasteiger partial charge in [0, 0.05) is 64.7 Å². The maximum Gasteiger partial charge on any atom is 0.411 e. The number of rotatable bonds is 6. The highest BCUT2D eigenvalue weighted by Crippen LogP contribution is 2.33. The van der Waals surface area contributed by atoms with Gasteiger partial charge in [0.15, 0.2) is 0 Å². The van der Waals surface area contributed by atoms with Gasteiger partial charge in [-0.15, -0.1) is 0 Å². The van der Waals surface area contributed by atoms with Gasteiger partial charge in [0.25, 0.3) is 5.91 Å². The van der Waals surface area contributed by atoms with E-state index < -0.39 is 6.09 Å². The Morgan fingerprint density at radius 1 is 0.837 bits per heavy atom. The SMILES string of the molecule is O=C1Nc2cc3[nH]nc(-c4ccnc(-c5cccc(CNC(=O)c6nc7cc8[nH][nH]c(-c9ccncc9)c8cc7n6)c5)c4)c3cc2CCO1. The predicted octanol–water partition coefficient (Wildman–Crippen LogP) is 6.14. The Morgan fingerprint density at radius 3 is 2.59 bits per heavy atom. The number of anilines is 1. The first-order valence-corrected chi connectivity index (χ1v) is 15.6. The molecular weight excluding hydrogens is 620 g/mol. The van der Waals surface area contributed by atoms with Crippen LogP contribution in [0.5, 0.6) is 0 Å². The molecule has 3 aromatic carbocycles. The first-order chi connectivity index (χ1) is 24.1. The number of imidazole rings is 1. The lowest BCUT2D eigenvalue weighted by atomic mass is 10.0. The molecule has 13 nitrogen and oxygen atoms in total. The van der Waals surface area contributed by atoms with Gasteiger partial charge in [-0.3, -0.25) is 30.3 Å². The second-order valence-corrected chi connectivity index (χ2v) is 11.7. The van der Waals surface area contributed by atoms with E-state index in [1.807, 2.05) is 72.8 Å². The van der Waals surface area contributed by atoms with Crippen molar-refractivity contribution in [3.8, 4) is 33.8 Å². The summed E-state index contributed by atoms with van der Waals surface area (Å²) in [5.41, 5.74) is 10.8. The number of hydrogen-bond donors (Lipinski definition) is 5. The summed E-state index contributed by atoms with van der Waals surface area (Å²) in [7, 11) is 0. The van der Waals surface area contributed by atoms with Crippen molar-refractivity contribution >= 4 is 50.5 Å². The number of pyridine rings is 2. The van der Waals surface area contributed by atoms with Crippen LogP contribution in [0.4, 0.5) is 10.5 Å². The van der Waals surface area contributed by atoms with E-state index in [1.165, 1.54) is 0 Å². The number of ether oxygens (including phenoxy) is 1. The zero-order valence-electron chi connectivity index (χ0n) is 25.7. The molecule has 238 valence electrons. The van der Waals surface area contributed by atoms with Crippen molar-refractivity contribution in [2.75, 3.05) is 11.9 Å². The summed E-state index contributed by atoms with van der Waals surface area (Å²) in [6.07, 6.45) is 5.39. The number of cyclic esters (lactones) is 1. The van der Waals surface area contributed by atoms with E-state index in [0.29, 0.717) is 24.1 Å². The third-order valence-electron chi connectivity index (χ3n) is 8.67. The Morgan fingerprint density at radius 2 is 1.69 bits per heavy atom. The molecule has 1 aliphatic rings. The minimum Gasteiger partial charge on any atom is -0.449 e. The molecule has 0 atom stereocenters. The lowest BCUT2D eigenvalue weighted by Crippen LogP contribution is -2.23. The van der Waals surface area contributed by atoms with Crippen LogP contribution in [-0.2, 0) is 17.7 Å². The molecule has 6 heterocycles. The highest BCUT2D eigenvalue weighted by molar-refractivity contribution is 6.03. The first-order valence-electron chi connectivity index (χ1n) is 15.6. The van der Waals surface area contributed by atoms with Crippen LogP contribution >= 0.6 is 0 Å². The van der Waals surface area contributed by atoms with Gasteiger partial charge in [-0.05, 0) is 65.7 Å². The number of hydrogen-bond acceptors (Lipinski definition) is 8. The zero-order valence-corrected chi connectivity index (χ0v) is 25.7. The molecule has 9 rings (SSSR count). The van der Waals surface area contributed by atoms with Gasteiger partial charge in [0.05, 0.1) is 40.1 Å². The number of carbonyl (C=O) groups excluding carboxylic acids is 2. The van der Waals surface area contributed by atoms with Gasteiger partial charge < -0.3 is 15.2 Å². The molecule has 5 N–H and O–H groups in total. The monoisotopic (exact) mass is 646 g/mol. The highest BCUT2D eigenvalue weighted by Gasteiger charge is 2.19. The average molecular weight is 647 g/mol. The first kappa shape index (κ1) is 28.3. The minimum atomic E-state index is -0.459. The van der Waals surface area contributed by atoms with Crippen LogP contribution in [0.2, 0.25) is 0 Å². The van der Waals surface area contributed by atoms with Crippen molar-refractivity contribution in [2.24, 2.45) is 0 Å². The lowest BCUT2D eigenvalue weighted by molar-refractivity contribution is 0.0941. The third-order valence-corrected chi connectivity index (χ3v) is 8.67. The summed E-state index contributed by atoms with van der Waals surface area (Å²) in [5.74, 6) is -0.249. The fourth-order valence-corrected chi connectivity index (χ4v) is 6.25. The lowest BCUT2D eigenvalue weighted by Gasteiger charge is -2.08. The molecule has 0 unspecified atom stereocenters. The molecule has 13 heteroatoms. The fourth-order valence-electron chi connectivity index (χ4n) is 6.25. The number of benzene rings is 3. The number of nitrogens with zero attached hydrogens (tertiary/aromatic N) is 5. The second kappa shape index (κ2) is 11.4. The number of nitrogens with one attached hydrogen (secondary N) is 5. The summed E-state index contributed by atoms with van der Waals surface area (Å²) < 4.78 is 5.15. The Bertz CT molecular complexity index is 2570. The standard InChI is InChI=1S/C36H26N10O3/c47-35(34-40-30-15-25-29(17-31(30)41-34)44-45-32(25)20-4-8-37-9-5-20)39-18-19-2-1-3-21(12-19)26-14-23(6-10-38-26)33-24-13-22-7-11-49-36(48)42-27(22)16-28(24)43-46-33/h1-6,8-10,12-17,44-45H,7,11,18H2,(H,39,47)(H,42,48)(H,43,46). The molecule has 2 amide bonds. The molecule has 0 saturated heterocycles. The Kier molecular flexibility index (Phi) is 6.60. The van der Waals surface area contributed by atoms with E-state index in [0.717, 1.165) is 72.4 Å². The van der Waals surface area contributed by atoms with Crippen molar-refractivity contribution in [3.63, 3.8) is 0 Å². The molecule has 0 fully saturated rings. The number of fused-ring (bicyclic) bond motifs is 4. The molecule has 49 heavy (non-hydrogen) atoms. The number of aromatic nitrogens is 8. The van der Waals surface area contributed by atoms with Gasteiger partial charge in [0.1, 0.15) is 5.69 Å². The van der Waals surface area contributed by atoms with Crippen LogP contribution in [0.3, 0.4) is 0 Å². The summed E-state index contributed by atoms with van der Waals surface area (Å²) in [4.78, 5) is 42.8. The molecule has 8 aromatic rings. The molecule has 5 aromatic heterocycles. The van der Waals surface area contributed by atoms with Gasteiger partial charge in [-0.2, -0.15) is 5.10 Å². The van der Waals surface area contributed by atoms with Gasteiger partial charge >= 0.3 is 6.09 Å². The third kappa shape index (κ3) is 5.19. The Labute approximate surface area is 277 Å². The topological polar surface area (TPSA) is 179 Å². The quantitative estimate of drug-likeness (QED) is 0.143. The smallest absolute Gasteiger partial charge is 0.411 e. The molecule has 0 radical (unpaired) electrons. The highest BCUT2D eigenvalue weighted by atomic mass is 16.5. The normalized spacial score (nSPS) is 12.9. The molecular formula is C36H26N10O3. The summed E-state index contributed by atoms with van der Waals surface area (Å²) in [5, 5.41) is 21.7. The van der Waals surface area contributed by atoms with Gasteiger partial charge in [-0.25, -0.2) is 14.8 Å². The fraction of sp³-hybridized carbons (Fsp3) is 0.0833. The van der Waals surface area contributed by atoms with E-state index in [-0.39, 0.29) is 18.3 Å². The van der Waals surface area contributed by atoms with Crippen molar-refractivity contribution in [1.82, 2.24) is 45.6 Å². The molecule has 0 bridgehead atoms. The van der Waals surface area contributed by atoms with E-state index in [4.69, 9.17) is 4.74 Å². The number of aromatic amines is 3. The van der Waals surface area contributed by atoms with E-state index in [2.05, 4.69) is 51.0 Å². The number of H-pyrrole nitrogens is 3. The summed E-state index contributed by atoms with van der Waals surface area (Å²) >= 11 is 0. The molecule has 1 aliphatic heterocycles. The minimum absolute atomic E-state index is 0.112. The molecule has 0 saturated carbocycles. The van der Waals surface area contributed by atoms with Crippen molar-refractivity contribution in [1.29, 1.82) is 0 Å². The average Bonchev–Trinajstić information content (AvgIpc) is 3.83. The maximum atomic E-state index is 13.2. The number of carbonyl (C=O) groups is 2. The predicted molar refractivity (Wildman–Crippen MR) is 184 cm³/mol. The second-order valence-electron chi connectivity index (χ2n) is 11.7. The summed E-state index contributed by atoms with van der Waals surface area (Å²) in [6.45, 7) is 0.601. The van der Waals surface area contributed by atoms with Crippen molar-refractivity contribution in [3.05, 3.63) is 108 Å². The van der Waals surface area contributed by atoms with Crippen molar-refractivity contribution in [2.45, 2.75) is 13.0 Å².